The number of carbonyl (C=O) groups excluding carboxylic acids is 1. The van der Waals surface area contributed by atoms with Crippen molar-refractivity contribution in [2.45, 2.75) is 19.3 Å². The predicted molar refractivity (Wildman–Crippen MR) is 65.4 cm³/mol. The molecule has 16 heavy (non-hydrogen) atoms. The molecule has 1 aliphatic heterocycles. The molecule has 1 aliphatic rings. The van der Waals surface area contributed by atoms with Gasteiger partial charge < -0.3 is 16.4 Å². The summed E-state index contributed by atoms with van der Waals surface area (Å²) in [6, 6.07) is 5.50. The van der Waals surface area contributed by atoms with E-state index in [0.29, 0.717) is 11.3 Å². The van der Waals surface area contributed by atoms with Crippen LogP contribution in [0, 0.1) is 0 Å². The van der Waals surface area contributed by atoms with Crippen molar-refractivity contribution < 1.29 is 4.79 Å². The number of primary amides is 1. The van der Waals surface area contributed by atoms with Crippen molar-refractivity contribution in [3.8, 4) is 0 Å². The summed E-state index contributed by atoms with van der Waals surface area (Å²) < 4.78 is 0. The quantitative estimate of drug-likeness (QED) is 0.738. The third-order valence-corrected chi connectivity index (χ3v) is 3.02. The molecule has 1 saturated heterocycles. The summed E-state index contributed by atoms with van der Waals surface area (Å²) in [6.07, 6.45) is 3.57. The van der Waals surface area contributed by atoms with Gasteiger partial charge in [-0.25, -0.2) is 0 Å². The molecule has 0 atom stereocenters. The van der Waals surface area contributed by atoms with Crippen LogP contribution in [0.2, 0.25) is 0 Å². The second kappa shape index (κ2) is 4.43. The molecule has 1 fully saturated rings. The zero-order valence-corrected chi connectivity index (χ0v) is 9.28. The average Bonchev–Trinajstić information content (AvgIpc) is 2.29. The predicted octanol–water partition coefficient (Wildman–Crippen LogP) is 1.36. The molecule has 1 heterocycles. The molecule has 86 valence electrons. The highest BCUT2D eigenvalue weighted by atomic mass is 16.1. The molecule has 0 unspecified atom stereocenters. The Labute approximate surface area is 95.2 Å². The summed E-state index contributed by atoms with van der Waals surface area (Å²) in [6.45, 7) is 1.95. The summed E-state index contributed by atoms with van der Waals surface area (Å²) in [4.78, 5) is 13.6. The minimum absolute atomic E-state index is 0.446. The van der Waals surface area contributed by atoms with Crippen molar-refractivity contribution >= 4 is 17.3 Å². The maximum atomic E-state index is 11.4. The third-order valence-electron chi connectivity index (χ3n) is 3.02. The Morgan fingerprint density at radius 2 is 1.88 bits per heavy atom. The number of hydrogen-bond acceptors (Lipinski definition) is 3. The van der Waals surface area contributed by atoms with Crippen LogP contribution >= 0.6 is 0 Å². The van der Waals surface area contributed by atoms with Gasteiger partial charge in [-0.05, 0) is 31.4 Å². The molecule has 0 aromatic heterocycles. The van der Waals surface area contributed by atoms with Crippen molar-refractivity contribution in [3.63, 3.8) is 0 Å². The number of nitrogens with two attached hydrogens (primary N) is 2. The monoisotopic (exact) mass is 219 g/mol. The second-order valence-corrected chi connectivity index (χ2v) is 4.15. The molecule has 1 aromatic rings. The standard InChI is InChI=1S/C12H17N3O/c13-9-5-4-6-10(11(9)12(14)16)15-7-2-1-3-8-15/h4-6H,1-3,7-8,13H2,(H2,14,16). The summed E-state index contributed by atoms with van der Waals surface area (Å²) >= 11 is 0. The van der Waals surface area contributed by atoms with E-state index >= 15 is 0 Å². The van der Waals surface area contributed by atoms with Crippen molar-refractivity contribution in [1.82, 2.24) is 0 Å². The van der Waals surface area contributed by atoms with Gasteiger partial charge in [0.1, 0.15) is 0 Å². The number of anilines is 2. The topological polar surface area (TPSA) is 72.3 Å². The van der Waals surface area contributed by atoms with Crippen LogP contribution in [-0.2, 0) is 0 Å². The third kappa shape index (κ3) is 1.96. The molecule has 0 spiro atoms. The zero-order valence-electron chi connectivity index (χ0n) is 9.28. The van der Waals surface area contributed by atoms with E-state index in [1.807, 2.05) is 12.1 Å². The Kier molecular flexibility index (Phi) is 2.99. The molecular weight excluding hydrogens is 202 g/mol. The lowest BCUT2D eigenvalue weighted by Gasteiger charge is -2.30. The largest absolute Gasteiger partial charge is 0.398 e. The highest BCUT2D eigenvalue weighted by Gasteiger charge is 2.18. The minimum atomic E-state index is -0.446. The van der Waals surface area contributed by atoms with Gasteiger partial charge in [-0.3, -0.25) is 4.79 Å². The fourth-order valence-corrected chi connectivity index (χ4v) is 2.22. The van der Waals surface area contributed by atoms with Crippen molar-refractivity contribution in [1.29, 1.82) is 0 Å². The van der Waals surface area contributed by atoms with Crippen LogP contribution in [0.3, 0.4) is 0 Å². The van der Waals surface area contributed by atoms with Crippen molar-refractivity contribution in [2.75, 3.05) is 23.7 Å². The van der Waals surface area contributed by atoms with Gasteiger partial charge in [-0.15, -0.1) is 0 Å². The number of nitrogens with zero attached hydrogens (tertiary/aromatic N) is 1. The molecule has 2 rings (SSSR count). The summed E-state index contributed by atoms with van der Waals surface area (Å²) in [5.41, 5.74) is 13.0. The lowest BCUT2D eigenvalue weighted by Crippen LogP contribution is -2.31. The van der Waals surface area contributed by atoms with Crippen LogP contribution in [0.25, 0.3) is 0 Å². The molecular formula is C12H17N3O. The van der Waals surface area contributed by atoms with E-state index in [0.717, 1.165) is 31.6 Å². The molecule has 0 aliphatic carbocycles. The first-order chi connectivity index (χ1) is 7.70. The number of piperidine rings is 1. The first-order valence-electron chi connectivity index (χ1n) is 5.63. The van der Waals surface area contributed by atoms with Crippen molar-refractivity contribution in [3.05, 3.63) is 23.8 Å². The highest BCUT2D eigenvalue weighted by Crippen LogP contribution is 2.27. The Bertz CT molecular complexity index is 397. The smallest absolute Gasteiger partial charge is 0.252 e. The first-order valence-corrected chi connectivity index (χ1v) is 5.63. The molecule has 4 nitrogen and oxygen atoms in total. The van der Waals surface area contributed by atoms with Crippen LogP contribution in [0.4, 0.5) is 11.4 Å². The van der Waals surface area contributed by atoms with Crippen LogP contribution in [0.15, 0.2) is 18.2 Å². The second-order valence-electron chi connectivity index (χ2n) is 4.15. The lowest BCUT2D eigenvalue weighted by atomic mass is 10.1. The van der Waals surface area contributed by atoms with Crippen molar-refractivity contribution in [2.24, 2.45) is 5.73 Å². The number of hydrogen-bond donors (Lipinski definition) is 2. The van der Waals surface area contributed by atoms with E-state index in [1.54, 1.807) is 6.07 Å². The normalized spacial score (nSPS) is 16.1. The van der Waals surface area contributed by atoms with Crippen LogP contribution in [-0.4, -0.2) is 19.0 Å². The molecule has 0 bridgehead atoms. The maximum absolute atomic E-state index is 11.4. The average molecular weight is 219 g/mol. The Balaban J connectivity index is 2.38. The van der Waals surface area contributed by atoms with E-state index in [-0.39, 0.29) is 0 Å². The Hall–Kier alpha value is -1.71. The summed E-state index contributed by atoms with van der Waals surface area (Å²) in [5, 5.41) is 0. The van der Waals surface area contributed by atoms with E-state index in [4.69, 9.17) is 11.5 Å². The number of benzene rings is 1. The molecule has 4 heteroatoms. The Morgan fingerprint density at radius 1 is 1.19 bits per heavy atom. The van der Waals surface area contributed by atoms with Gasteiger partial charge in [0, 0.05) is 18.8 Å². The zero-order chi connectivity index (χ0) is 11.5. The summed E-state index contributed by atoms with van der Waals surface area (Å²) in [7, 11) is 0. The summed E-state index contributed by atoms with van der Waals surface area (Å²) in [5.74, 6) is -0.446. The van der Waals surface area contributed by atoms with Gasteiger partial charge in [0.2, 0.25) is 0 Å². The number of amides is 1. The van der Waals surface area contributed by atoms with E-state index < -0.39 is 5.91 Å². The molecule has 4 N–H and O–H groups in total. The number of carbonyl (C=O) groups is 1. The molecule has 1 amide bonds. The minimum Gasteiger partial charge on any atom is -0.398 e. The Morgan fingerprint density at radius 3 is 2.50 bits per heavy atom. The van der Waals surface area contributed by atoms with E-state index in [1.165, 1.54) is 6.42 Å². The lowest BCUT2D eigenvalue weighted by molar-refractivity contribution is 0.100. The maximum Gasteiger partial charge on any atom is 0.252 e. The molecule has 0 radical (unpaired) electrons. The van der Waals surface area contributed by atoms with Crippen LogP contribution in [0.5, 0.6) is 0 Å². The number of nitrogen functional groups attached to an aromatic ring is 1. The fourth-order valence-electron chi connectivity index (χ4n) is 2.22. The molecule has 0 saturated carbocycles. The van der Waals surface area contributed by atoms with Crippen LogP contribution < -0.4 is 16.4 Å². The SMILES string of the molecule is NC(=O)c1c(N)cccc1N1CCCCC1. The molecule has 1 aromatic carbocycles. The highest BCUT2D eigenvalue weighted by molar-refractivity contribution is 6.03. The fraction of sp³-hybridized carbons (Fsp3) is 0.417. The van der Waals surface area contributed by atoms with Gasteiger partial charge in [0.05, 0.1) is 11.3 Å². The van der Waals surface area contributed by atoms with Gasteiger partial charge >= 0.3 is 0 Å². The van der Waals surface area contributed by atoms with Gasteiger partial charge in [-0.1, -0.05) is 6.07 Å². The van der Waals surface area contributed by atoms with E-state index in [2.05, 4.69) is 4.90 Å². The van der Waals surface area contributed by atoms with E-state index in [9.17, 15) is 4.79 Å². The first kappa shape index (κ1) is 10.8. The number of rotatable bonds is 2. The van der Waals surface area contributed by atoms with Gasteiger partial charge in [0.15, 0.2) is 0 Å². The van der Waals surface area contributed by atoms with Crippen LogP contribution in [0.1, 0.15) is 29.6 Å². The van der Waals surface area contributed by atoms with Gasteiger partial charge in [0.25, 0.3) is 5.91 Å². The van der Waals surface area contributed by atoms with Gasteiger partial charge in [-0.2, -0.15) is 0 Å².